The van der Waals surface area contributed by atoms with E-state index in [4.69, 9.17) is 4.74 Å². The van der Waals surface area contributed by atoms with Crippen LogP contribution in [-0.4, -0.2) is 11.9 Å². The molecule has 1 nitrogen and oxygen atoms in total. The predicted octanol–water partition coefficient (Wildman–Crippen LogP) is 4.69. The lowest BCUT2D eigenvalue weighted by Crippen LogP contribution is -2.12. The molecule has 0 aromatic heterocycles. The highest BCUT2D eigenvalue weighted by Crippen LogP contribution is 2.23. The molecule has 2 rings (SSSR count). The number of hydrogen-bond donors (Lipinski definition) is 0. The van der Waals surface area contributed by atoms with E-state index < -0.39 is 0 Å². The lowest BCUT2D eigenvalue weighted by Gasteiger charge is -2.16. The van der Waals surface area contributed by atoms with Crippen molar-refractivity contribution in [3.05, 3.63) is 65.5 Å². The summed E-state index contributed by atoms with van der Waals surface area (Å²) in [6.45, 7) is 2.38. The quantitative estimate of drug-likeness (QED) is 0.725. The van der Waals surface area contributed by atoms with Gasteiger partial charge in [-0.25, -0.2) is 4.39 Å². The zero-order valence-electron chi connectivity index (χ0n) is 10.8. The van der Waals surface area contributed by atoms with E-state index >= 15 is 0 Å². The third-order valence-electron chi connectivity index (χ3n) is 2.98. The average Bonchev–Trinajstić information content (AvgIpc) is 2.44. The van der Waals surface area contributed by atoms with Crippen molar-refractivity contribution in [3.63, 3.8) is 0 Å². The molecule has 2 aromatic rings. The minimum Gasteiger partial charge on any atom is -0.490 e. The van der Waals surface area contributed by atoms with Crippen molar-refractivity contribution in [2.75, 3.05) is 11.9 Å². The fourth-order valence-electron chi connectivity index (χ4n) is 1.87. The Balaban J connectivity index is 2.06. The second-order valence-electron chi connectivity index (χ2n) is 4.51. The Morgan fingerprint density at radius 2 is 1.89 bits per heavy atom. The van der Waals surface area contributed by atoms with Crippen molar-refractivity contribution in [2.45, 2.75) is 12.8 Å². The van der Waals surface area contributed by atoms with Crippen LogP contribution in [0.4, 0.5) is 4.39 Å². The molecule has 0 amide bonds. The highest BCUT2D eigenvalue weighted by molar-refractivity contribution is 9.09. The van der Waals surface area contributed by atoms with E-state index in [-0.39, 0.29) is 11.7 Å². The van der Waals surface area contributed by atoms with Crippen molar-refractivity contribution in [3.8, 4) is 5.75 Å². The van der Waals surface area contributed by atoms with Gasteiger partial charge in [0.1, 0.15) is 0 Å². The van der Waals surface area contributed by atoms with E-state index in [0.717, 1.165) is 10.9 Å². The normalized spacial score (nSPS) is 12.2. The molecular formula is C16H16BrFO. The number of hydrogen-bond acceptors (Lipinski definition) is 1. The summed E-state index contributed by atoms with van der Waals surface area (Å²) in [5, 5.41) is 0.782. The number of aryl methyl sites for hydroxylation is 1. The van der Waals surface area contributed by atoms with Gasteiger partial charge in [0.25, 0.3) is 0 Å². The molecule has 19 heavy (non-hydrogen) atoms. The van der Waals surface area contributed by atoms with E-state index in [2.05, 4.69) is 28.1 Å². The molecule has 0 saturated carbocycles. The molecule has 0 fully saturated rings. The largest absolute Gasteiger partial charge is 0.490 e. The second-order valence-corrected chi connectivity index (χ2v) is 5.15. The van der Waals surface area contributed by atoms with Crippen LogP contribution in [0.3, 0.4) is 0 Å². The average molecular weight is 323 g/mol. The molecule has 3 heteroatoms. The van der Waals surface area contributed by atoms with E-state index in [1.165, 1.54) is 11.6 Å². The van der Waals surface area contributed by atoms with Crippen LogP contribution in [0.15, 0.2) is 48.5 Å². The summed E-state index contributed by atoms with van der Waals surface area (Å²) < 4.78 is 19.2. The van der Waals surface area contributed by atoms with Crippen LogP contribution in [0.2, 0.25) is 0 Å². The highest BCUT2D eigenvalue weighted by Gasteiger charge is 2.12. The predicted molar refractivity (Wildman–Crippen MR) is 79.6 cm³/mol. The van der Waals surface area contributed by atoms with Gasteiger partial charge in [-0.15, -0.1) is 0 Å². The molecule has 0 saturated heterocycles. The monoisotopic (exact) mass is 322 g/mol. The van der Waals surface area contributed by atoms with E-state index in [1.54, 1.807) is 12.1 Å². The lowest BCUT2D eigenvalue weighted by atomic mass is 10.0. The molecule has 0 aliphatic carbocycles. The zero-order valence-corrected chi connectivity index (χ0v) is 12.4. The Morgan fingerprint density at radius 3 is 2.58 bits per heavy atom. The van der Waals surface area contributed by atoms with Gasteiger partial charge in [-0.3, -0.25) is 0 Å². The number of halogens is 2. The summed E-state index contributed by atoms with van der Waals surface area (Å²) >= 11 is 3.49. The van der Waals surface area contributed by atoms with Gasteiger partial charge >= 0.3 is 0 Å². The van der Waals surface area contributed by atoms with Crippen LogP contribution < -0.4 is 4.74 Å². The van der Waals surface area contributed by atoms with Crippen LogP contribution in [0.5, 0.6) is 5.75 Å². The van der Waals surface area contributed by atoms with Crippen molar-refractivity contribution < 1.29 is 9.13 Å². The SMILES string of the molecule is Cc1ccc(F)c(OCC(CBr)c2ccccc2)c1. The maximum absolute atomic E-state index is 13.6. The molecule has 1 atom stereocenters. The summed E-state index contributed by atoms with van der Waals surface area (Å²) in [6.07, 6.45) is 0. The van der Waals surface area contributed by atoms with Gasteiger partial charge < -0.3 is 4.74 Å². The smallest absolute Gasteiger partial charge is 0.165 e. The third-order valence-corrected chi connectivity index (χ3v) is 3.77. The van der Waals surface area contributed by atoms with Crippen molar-refractivity contribution in [2.24, 2.45) is 0 Å². The molecule has 1 unspecified atom stereocenters. The maximum atomic E-state index is 13.6. The molecular weight excluding hydrogens is 307 g/mol. The lowest BCUT2D eigenvalue weighted by molar-refractivity contribution is 0.284. The first-order valence-electron chi connectivity index (χ1n) is 6.20. The molecule has 0 bridgehead atoms. The first kappa shape index (κ1) is 14.1. The highest BCUT2D eigenvalue weighted by atomic mass is 79.9. The van der Waals surface area contributed by atoms with E-state index in [9.17, 15) is 4.39 Å². The van der Waals surface area contributed by atoms with Gasteiger partial charge in [-0.1, -0.05) is 52.3 Å². The molecule has 0 N–H and O–H groups in total. The fourth-order valence-corrected chi connectivity index (χ4v) is 2.43. The van der Waals surface area contributed by atoms with Crippen LogP contribution in [0.1, 0.15) is 17.0 Å². The molecule has 0 spiro atoms. The number of ether oxygens (including phenoxy) is 1. The molecule has 0 radical (unpaired) electrons. The van der Waals surface area contributed by atoms with Crippen molar-refractivity contribution in [1.82, 2.24) is 0 Å². The fraction of sp³-hybridized carbons (Fsp3) is 0.250. The summed E-state index contributed by atoms with van der Waals surface area (Å²) in [5.74, 6) is 0.218. The van der Waals surface area contributed by atoms with Gasteiger partial charge in [0.2, 0.25) is 0 Å². The zero-order chi connectivity index (χ0) is 13.7. The number of rotatable bonds is 5. The molecule has 2 aromatic carbocycles. The topological polar surface area (TPSA) is 9.23 Å². The van der Waals surface area contributed by atoms with Crippen LogP contribution >= 0.6 is 15.9 Å². The van der Waals surface area contributed by atoms with Crippen molar-refractivity contribution in [1.29, 1.82) is 0 Å². The first-order valence-corrected chi connectivity index (χ1v) is 7.32. The molecule has 0 aliphatic rings. The Kier molecular flexibility index (Phi) is 4.97. The number of benzene rings is 2. The summed E-state index contributed by atoms with van der Waals surface area (Å²) in [4.78, 5) is 0. The van der Waals surface area contributed by atoms with Crippen LogP contribution in [0.25, 0.3) is 0 Å². The van der Waals surface area contributed by atoms with E-state index in [0.29, 0.717) is 12.4 Å². The first-order chi connectivity index (χ1) is 9.20. The van der Waals surface area contributed by atoms with Gasteiger partial charge in [0, 0.05) is 11.2 Å². The standard InChI is InChI=1S/C16H16BrFO/c1-12-7-8-15(18)16(9-12)19-11-14(10-17)13-5-3-2-4-6-13/h2-9,14H,10-11H2,1H3. The molecule has 100 valence electrons. The number of alkyl halides is 1. The van der Waals surface area contributed by atoms with Gasteiger partial charge in [0.05, 0.1) is 6.61 Å². The summed E-state index contributed by atoms with van der Waals surface area (Å²) in [7, 11) is 0. The van der Waals surface area contributed by atoms with Gasteiger partial charge in [-0.05, 0) is 30.2 Å². The Hall–Kier alpha value is -1.35. The van der Waals surface area contributed by atoms with E-state index in [1.807, 2.05) is 25.1 Å². The van der Waals surface area contributed by atoms with Gasteiger partial charge in [0.15, 0.2) is 11.6 Å². The van der Waals surface area contributed by atoms with Crippen LogP contribution in [-0.2, 0) is 0 Å². The maximum Gasteiger partial charge on any atom is 0.165 e. The summed E-state index contributed by atoms with van der Waals surface area (Å²) in [5.41, 5.74) is 2.18. The van der Waals surface area contributed by atoms with Crippen LogP contribution in [0, 0.1) is 12.7 Å². The Morgan fingerprint density at radius 1 is 1.16 bits per heavy atom. The van der Waals surface area contributed by atoms with Gasteiger partial charge in [-0.2, -0.15) is 0 Å². The van der Waals surface area contributed by atoms with Crippen molar-refractivity contribution >= 4 is 15.9 Å². The minimum atomic E-state index is -0.313. The Labute approximate surface area is 121 Å². The molecule has 0 heterocycles. The third kappa shape index (κ3) is 3.80. The Bertz CT molecular complexity index is 528. The molecule has 0 aliphatic heterocycles. The second kappa shape index (κ2) is 6.71. The summed E-state index contributed by atoms with van der Waals surface area (Å²) in [6, 6.07) is 15.0. The minimum absolute atomic E-state index is 0.209.